The summed E-state index contributed by atoms with van der Waals surface area (Å²) in [5.74, 6) is 0.0914. The maximum absolute atomic E-state index is 12.6. The molecule has 2 aliphatic rings. The molecule has 4 nitrogen and oxygen atoms in total. The largest absolute Gasteiger partial charge is 0.376 e. The van der Waals surface area contributed by atoms with Crippen LogP contribution in [0.3, 0.4) is 0 Å². The van der Waals surface area contributed by atoms with Crippen LogP contribution >= 0.6 is 0 Å². The molecule has 1 amide bonds. The third kappa shape index (κ3) is 4.81. The monoisotopic (exact) mass is 330 g/mol. The summed E-state index contributed by atoms with van der Waals surface area (Å²) in [5, 5.41) is 0. The zero-order chi connectivity index (χ0) is 16.8. The molecule has 0 N–H and O–H groups in total. The van der Waals surface area contributed by atoms with E-state index in [9.17, 15) is 4.79 Å². The molecule has 0 aromatic heterocycles. The zero-order valence-electron chi connectivity index (χ0n) is 14.9. The summed E-state index contributed by atoms with van der Waals surface area (Å²) >= 11 is 0. The van der Waals surface area contributed by atoms with E-state index in [-0.39, 0.29) is 12.0 Å². The van der Waals surface area contributed by atoms with Crippen molar-refractivity contribution in [2.75, 3.05) is 33.3 Å². The van der Waals surface area contributed by atoms with E-state index in [2.05, 4.69) is 17.0 Å². The maximum atomic E-state index is 12.6. The van der Waals surface area contributed by atoms with Crippen molar-refractivity contribution < 1.29 is 9.53 Å². The number of hydrogen-bond donors (Lipinski definition) is 0. The molecule has 0 saturated carbocycles. The van der Waals surface area contributed by atoms with Gasteiger partial charge in [0.05, 0.1) is 6.10 Å². The van der Waals surface area contributed by atoms with Crippen LogP contribution in [0.4, 0.5) is 0 Å². The summed E-state index contributed by atoms with van der Waals surface area (Å²) in [7, 11) is 1.88. The molecule has 1 aromatic rings. The number of piperidine rings is 1. The summed E-state index contributed by atoms with van der Waals surface area (Å²) in [6, 6.07) is 8.15. The molecule has 3 rings (SSSR count). The van der Waals surface area contributed by atoms with Gasteiger partial charge in [0, 0.05) is 32.3 Å². The zero-order valence-corrected chi connectivity index (χ0v) is 14.9. The first-order valence-corrected chi connectivity index (χ1v) is 9.41. The second-order valence-electron chi connectivity index (χ2n) is 7.21. The summed E-state index contributed by atoms with van der Waals surface area (Å²) in [6.07, 6.45) is 7.60. The van der Waals surface area contributed by atoms with Crippen LogP contribution in [-0.4, -0.2) is 55.1 Å². The first-order chi connectivity index (χ1) is 11.7. The molecular weight excluding hydrogens is 300 g/mol. The predicted octanol–water partition coefficient (Wildman–Crippen LogP) is 3.31. The number of ether oxygens (including phenoxy) is 1. The van der Waals surface area contributed by atoms with Gasteiger partial charge >= 0.3 is 0 Å². The van der Waals surface area contributed by atoms with Gasteiger partial charge in [-0.1, -0.05) is 18.6 Å². The van der Waals surface area contributed by atoms with Crippen LogP contribution in [0, 0.1) is 0 Å². The van der Waals surface area contributed by atoms with Crippen molar-refractivity contribution in [2.45, 2.75) is 51.2 Å². The smallest absolute Gasteiger partial charge is 0.253 e. The minimum atomic E-state index is 0.0914. The van der Waals surface area contributed by atoms with E-state index in [1.165, 1.54) is 44.3 Å². The molecule has 2 saturated heterocycles. The molecule has 0 spiro atoms. The van der Waals surface area contributed by atoms with Crippen LogP contribution in [0.2, 0.25) is 0 Å². The van der Waals surface area contributed by atoms with E-state index < -0.39 is 0 Å². The second-order valence-corrected chi connectivity index (χ2v) is 7.21. The Morgan fingerprint density at radius 3 is 2.54 bits per heavy atom. The van der Waals surface area contributed by atoms with Gasteiger partial charge in [-0.2, -0.15) is 0 Å². The fraction of sp³-hybridized carbons (Fsp3) is 0.650. The Hall–Kier alpha value is -1.39. The first-order valence-electron chi connectivity index (χ1n) is 9.41. The van der Waals surface area contributed by atoms with E-state index in [1.54, 1.807) is 4.90 Å². The summed E-state index contributed by atoms with van der Waals surface area (Å²) in [4.78, 5) is 16.9. The van der Waals surface area contributed by atoms with E-state index in [4.69, 9.17) is 4.74 Å². The topological polar surface area (TPSA) is 32.8 Å². The number of amides is 1. The lowest BCUT2D eigenvalue weighted by molar-refractivity contribution is -0.000187. The molecule has 0 bridgehead atoms. The van der Waals surface area contributed by atoms with Gasteiger partial charge in [0.2, 0.25) is 0 Å². The van der Waals surface area contributed by atoms with Gasteiger partial charge < -0.3 is 9.64 Å². The van der Waals surface area contributed by atoms with E-state index in [1.807, 2.05) is 19.2 Å². The maximum Gasteiger partial charge on any atom is 0.253 e. The minimum Gasteiger partial charge on any atom is -0.376 e. The average molecular weight is 330 g/mol. The van der Waals surface area contributed by atoms with E-state index in [0.29, 0.717) is 6.54 Å². The van der Waals surface area contributed by atoms with Crippen molar-refractivity contribution >= 4 is 5.91 Å². The fourth-order valence-electron chi connectivity index (χ4n) is 3.69. The minimum absolute atomic E-state index is 0.0914. The third-order valence-electron chi connectivity index (χ3n) is 5.15. The fourth-order valence-corrected chi connectivity index (χ4v) is 3.69. The molecule has 24 heavy (non-hydrogen) atoms. The lowest BCUT2D eigenvalue weighted by atomic mass is 10.1. The van der Waals surface area contributed by atoms with Crippen molar-refractivity contribution in [3.05, 3.63) is 35.4 Å². The highest BCUT2D eigenvalue weighted by molar-refractivity contribution is 5.94. The highest BCUT2D eigenvalue weighted by atomic mass is 16.5. The Balaban J connectivity index is 1.52. The molecular formula is C20H30N2O2. The van der Waals surface area contributed by atoms with Crippen LogP contribution < -0.4 is 0 Å². The van der Waals surface area contributed by atoms with Gasteiger partial charge in [-0.05, 0) is 62.9 Å². The quantitative estimate of drug-likeness (QED) is 0.830. The van der Waals surface area contributed by atoms with Gasteiger partial charge in [0.1, 0.15) is 0 Å². The number of hydrogen-bond acceptors (Lipinski definition) is 3. The molecule has 132 valence electrons. The lowest BCUT2D eigenvalue weighted by Gasteiger charge is -2.28. The first kappa shape index (κ1) is 17.4. The molecule has 2 fully saturated rings. The Bertz CT molecular complexity index is 517. The van der Waals surface area contributed by atoms with Crippen LogP contribution in [0.15, 0.2) is 24.3 Å². The second kappa shape index (κ2) is 8.63. The number of carbonyl (C=O) groups is 1. The average Bonchev–Trinajstić information content (AvgIpc) is 2.63. The lowest BCUT2D eigenvalue weighted by Crippen LogP contribution is -2.37. The number of rotatable bonds is 5. The third-order valence-corrected chi connectivity index (χ3v) is 5.15. The van der Waals surface area contributed by atoms with Gasteiger partial charge in [-0.25, -0.2) is 0 Å². The molecule has 2 aliphatic heterocycles. The highest BCUT2D eigenvalue weighted by Gasteiger charge is 2.19. The van der Waals surface area contributed by atoms with E-state index >= 15 is 0 Å². The van der Waals surface area contributed by atoms with Gasteiger partial charge in [0.15, 0.2) is 0 Å². The van der Waals surface area contributed by atoms with Crippen LogP contribution in [-0.2, 0) is 11.3 Å². The van der Waals surface area contributed by atoms with Gasteiger partial charge in [-0.15, -0.1) is 0 Å². The number of carbonyl (C=O) groups excluding carboxylic acids is 1. The SMILES string of the molecule is CN(CC1CCCCO1)C(=O)c1ccc(CN2CCCCC2)cc1. The number of benzene rings is 1. The van der Waals surface area contributed by atoms with Gasteiger partial charge in [-0.3, -0.25) is 9.69 Å². The molecule has 1 aromatic carbocycles. The van der Waals surface area contributed by atoms with E-state index in [0.717, 1.165) is 31.6 Å². The van der Waals surface area contributed by atoms with Crippen molar-refractivity contribution in [2.24, 2.45) is 0 Å². The van der Waals surface area contributed by atoms with Crippen LogP contribution in [0.1, 0.15) is 54.4 Å². The number of nitrogens with zero attached hydrogens (tertiary/aromatic N) is 2. The molecule has 0 radical (unpaired) electrons. The molecule has 4 heteroatoms. The normalized spacial score (nSPS) is 22.3. The van der Waals surface area contributed by atoms with Crippen molar-refractivity contribution in [1.29, 1.82) is 0 Å². The van der Waals surface area contributed by atoms with Crippen LogP contribution in [0.25, 0.3) is 0 Å². The van der Waals surface area contributed by atoms with Crippen LogP contribution in [0.5, 0.6) is 0 Å². The van der Waals surface area contributed by atoms with Crippen molar-refractivity contribution in [1.82, 2.24) is 9.80 Å². The summed E-state index contributed by atoms with van der Waals surface area (Å²) in [6.45, 7) is 4.92. The number of likely N-dealkylation sites (N-methyl/N-ethyl adjacent to an activating group) is 1. The molecule has 1 unspecified atom stereocenters. The Morgan fingerprint density at radius 2 is 1.88 bits per heavy atom. The molecule has 0 aliphatic carbocycles. The molecule has 2 heterocycles. The predicted molar refractivity (Wildman–Crippen MR) is 96.1 cm³/mol. The Kier molecular flexibility index (Phi) is 6.27. The van der Waals surface area contributed by atoms with Crippen molar-refractivity contribution in [3.8, 4) is 0 Å². The summed E-state index contributed by atoms with van der Waals surface area (Å²) in [5.41, 5.74) is 2.07. The van der Waals surface area contributed by atoms with Gasteiger partial charge in [0.25, 0.3) is 5.91 Å². The number of likely N-dealkylation sites (tertiary alicyclic amines) is 1. The highest BCUT2D eigenvalue weighted by Crippen LogP contribution is 2.16. The standard InChI is InChI=1S/C20H30N2O2/c1-21(16-19-7-3-6-14-24-19)20(23)18-10-8-17(9-11-18)15-22-12-4-2-5-13-22/h8-11,19H,2-7,12-16H2,1H3. The Labute approximate surface area is 145 Å². The molecule has 1 atom stereocenters. The Morgan fingerprint density at radius 1 is 1.12 bits per heavy atom. The summed E-state index contributed by atoms with van der Waals surface area (Å²) < 4.78 is 5.74. The van der Waals surface area contributed by atoms with Crippen molar-refractivity contribution in [3.63, 3.8) is 0 Å².